The Morgan fingerprint density at radius 1 is 0.781 bits per heavy atom. The van der Waals surface area contributed by atoms with E-state index in [1.807, 2.05) is 30.3 Å². The zero-order valence-corrected chi connectivity index (χ0v) is 17.7. The fraction of sp³-hybridized carbons (Fsp3) is 0.192. The molecule has 3 aromatic carbocycles. The topological polar surface area (TPSA) is 92.5 Å². The number of hydrogen-bond donors (Lipinski definition) is 2. The average molecular weight is 428 g/mol. The summed E-state index contributed by atoms with van der Waals surface area (Å²) < 4.78 is 0. The quantitative estimate of drug-likeness (QED) is 0.584. The maximum Gasteiger partial charge on any atom is 0.256 e. The number of ketones is 1. The van der Waals surface area contributed by atoms with Gasteiger partial charge in [0.1, 0.15) is 0 Å². The summed E-state index contributed by atoms with van der Waals surface area (Å²) in [6, 6.07) is 23.3. The zero-order chi connectivity index (χ0) is 22.5. The highest BCUT2D eigenvalue weighted by Gasteiger charge is 2.23. The number of rotatable bonds is 6. The molecule has 1 heterocycles. The van der Waals surface area contributed by atoms with Crippen molar-refractivity contribution in [1.82, 2.24) is 0 Å². The molecule has 1 fully saturated rings. The molecule has 6 heteroatoms. The number of amides is 2. The Morgan fingerprint density at radius 3 is 2.00 bits per heavy atom. The molecule has 0 unspecified atom stereocenters. The fourth-order valence-electron chi connectivity index (χ4n) is 4.00. The van der Waals surface area contributed by atoms with Crippen molar-refractivity contribution in [1.29, 1.82) is 0 Å². The minimum absolute atomic E-state index is 0.0523. The largest absolute Gasteiger partial charge is 0.371 e. The summed E-state index contributed by atoms with van der Waals surface area (Å²) in [4.78, 5) is 39.4. The Labute approximate surface area is 187 Å². The van der Waals surface area contributed by atoms with Gasteiger partial charge in [0.25, 0.3) is 5.91 Å². The van der Waals surface area contributed by atoms with E-state index >= 15 is 0 Å². The second-order valence-corrected chi connectivity index (χ2v) is 7.91. The van der Waals surface area contributed by atoms with Crippen LogP contribution in [0.2, 0.25) is 0 Å². The first-order valence-electron chi connectivity index (χ1n) is 10.7. The number of nitrogens with two attached hydrogens (primary N) is 1. The number of primary amides is 1. The van der Waals surface area contributed by atoms with E-state index in [2.05, 4.69) is 10.2 Å². The summed E-state index contributed by atoms with van der Waals surface area (Å²) in [6.07, 6.45) is 1.50. The third-order valence-corrected chi connectivity index (χ3v) is 5.84. The molecule has 0 saturated carbocycles. The standard InChI is InChI=1S/C26H25N3O3/c27-25(31)19-14-16-29(17-15-19)21-12-10-20(11-13-21)28-26(32)23-9-5-4-8-22(23)24(30)18-6-2-1-3-7-18/h1-13,19H,14-17H2,(H2,27,31)(H,28,32). The van der Waals surface area contributed by atoms with Gasteiger partial charge in [0, 0.05) is 41.5 Å². The van der Waals surface area contributed by atoms with E-state index in [1.54, 1.807) is 48.5 Å². The van der Waals surface area contributed by atoms with E-state index in [-0.39, 0.29) is 23.5 Å². The maximum absolute atomic E-state index is 12.9. The highest BCUT2D eigenvalue weighted by molar-refractivity contribution is 6.17. The van der Waals surface area contributed by atoms with Gasteiger partial charge in [-0.15, -0.1) is 0 Å². The summed E-state index contributed by atoms with van der Waals surface area (Å²) in [5.74, 6) is -0.803. The fourth-order valence-corrected chi connectivity index (χ4v) is 4.00. The van der Waals surface area contributed by atoms with E-state index in [0.29, 0.717) is 22.4 Å². The predicted molar refractivity (Wildman–Crippen MR) is 125 cm³/mol. The summed E-state index contributed by atoms with van der Waals surface area (Å²) >= 11 is 0. The third-order valence-electron chi connectivity index (χ3n) is 5.84. The van der Waals surface area contributed by atoms with Crippen molar-refractivity contribution < 1.29 is 14.4 Å². The van der Waals surface area contributed by atoms with Crippen molar-refractivity contribution in [3.8, 4) is 0 Å². The van der Waals surface area contributed by atoms with Crippen molar-refractivity contribution in [2.75, 3.05) is 23.3 Å². The lowest BCUT2D eigenvalue weighted by Gasteiger charge is -2.32. The van der Waals surface area contributed by atoms with Gasteiger partial charge in [-0.3, -0.25) is 14.4 Å². The minimum Gasteiger partial charge on any atom is -0.371 e. The van der Waals surface area contributed by atoms with Gasteiger partial charge in [-0.05, 0) is 43.2 Å². The van der Waals surface area contributed by atoms with Crippen molar-refractivity contribution in [3.63, 3.8) is 0 Å². The Hall–Kier alpha value is -3.93. The van der Waals surface area contributed by atoms with Gasteiger partial charge in [-0.25, -0.2) is 0 Å². The van der Waals surface area contributed by atoms with Gasteiger partial charge < -0.3 is 16.0 Å². The predicted octanol–water partition coefficient (Wildman–Crippen LogP) is 3.87. The van der Waals surface area contributed by atoms with Gasteiger partial charge >= 0.3 is 0 Å². The number of hydrogen-bond acceptors (Lipinski definition) is 4. The lowest BCUT2D eigenvalue weighted by Crippen LogP contribution is -2.38. The SMILES string of the molecule is NC(=O)C1CCN(c2ccc(NC(=O)c3ccccc3C(=O)c3ccccc3)cc2)CC1. The van der Waals surface area contributed by atoms with Gasteiger partial charge in [0.2, 0.25) is 5.91 Å². The molecule has 3 N–H and O–H groups in total. The van der Waals surface area contributed by atoms with E-state index in [0.717, 1.165) is 31.6 Å². The summed E-state index contributed by atoms with van der Waals surface area (Å²) in [5.41, 5.74) is 8.33. The maximum atomic E-state index is 12.9. The third kappa shape index (κ3) is 4.70. The number of nitrogens with one attached hydrogen (secondary N) is 1. The van der Waals surface area contributed by atoms with Crippen LogP contribution < -0.4 is 16.0 Å². The van der Waals surface area contributed by atoms with E-state index in [1.165, 1.54) is 0 Å². The van der Waals surface area contributed by atoms with Crippen LogP contribution in [0.4, 0.5) is 11.4 Å². The number of carbonyl (C=O) groups is 3. The number of benzene rings is 3. The van der Waals surface area contributed by atoms with E-state index in [9.17, 15) is 14.4 Å². The van der Waals surface area contributed by atoms with Crippen molar-refractivity contribution in [3.05, 3.63) is 95.6 Å². The molecule has 0 aromatic heterocycles. The number of piperidine rings is 1. The summed E-state index contributed by atoms with van der Waals surface area (Å²) in [5, 5.41) is 2.89. The minimum atomic E-state index is -0.333. The van der Waals surface area contributed by atoms with E-state index in [4.69, 9.17) is 5.73 Å². The second-order valence-electron chi connectivity index (χ2n) is 7.91. The van der Waals surface area contributed by atoms with Gasteiger partial charge in [-0.1, -0.05) is 48.5 Å². The Bertz CT molecular complexity index is 1120. The van der Waals surface area contributed by atoms with Crippen molar-refractivity contribution in [2.24, 2.45) is 11.7 Å². The molecule has 6 nitrogen and oxygen atoms in total. The second kappa shape index (κ2) is 9.47. The van der Waals surface area contributed by atoms with Crippen LogP contribution in [0.5, 0.6) is 0 Å². The monoisotopic (exact) mass is 427 g/mol. The molecule has 0 bridgehead atoms. The molecule has 4 rings (SSSR count). The number of nitrogens with zero attached hydrogens (tertiary/aromatic N) is 1. The molecule has 2 amide bonds. The van der Waals surface area contributed by atoms with Gasteiger partial charge in [0.15, 0.2) is 5.78 Å². The lowest BCUT2D eigenvalue weighted by molar-refractivity contribution is -0.122. The normalized spacial score (nSPS) is 14.1. The highest BCUT2D eigenvalue weighted by atomic mass is 16.2. The van der Waals surface area contributed by atoms with Gasteiger partial charge in [-0.2, -0.15) is 0 Å². The van der Waals surface area contributed by atoms with Gasteiger partial charge in [0.05, 0.1) is 5.56 Å². The molecule has 32 heavy (non-hydrogen) atoms. The molecule has 0 atom stereocenters. The van der Waals surface area contributed by atoms with Crippen LogP contribution in [0.25, 0.3) is 0 Å². The zero-order valence-electron chi connectivity index (χ0n) is 17.7. The van der Waals surface area contributed by atoms with Crippen LogP contribution in [0.1, 0.15) is 39.1 Å². The van der Waals surface area contributed by atoms with Crippen LogP contribution in [-0.2, 0) is 4.79 Å². The average Bonchev–Trinajstić information content (AvgIpc) is 2.84. The molecule has 0 spiro atoms. The van der Waals surface area contributed by atoms with Crippen LogP contribution in [0.3, 0.4) is 0 Å². The summed E-state index contributed by atoms with van der Waals surface area (Å²) in [6.45, 7) is 1.54. The van der Waals surface area contributed by atoms with Crippen LogP contribution in [0, 0.1) is 5.92 Å². The first kappa shape index (κ1) is 21.3. The Morgan fingerprint density at radius 2 is 1.38 bits per heavy atom. The lowest BCUT2D eigenvalue weighted by atomic mass is 9.96. The molecule has 1 saturated heterocycles. The van der Waals surface area contributed by atoms with Crippen molar-refractivity contribution in [2.45, 2.75) is 12.8 Å². The van der Waals surface area contributed by atoms with Crippen molar-refractivity contribution >= 4 is 29.0 Å². The number of anilines is 2. The van der Waals surface area contributed by atoms with E-state index < -0.39 is 0 Å². The molecule has 162 valence electrons. The molecular weight excluding hydrogens is 402 g/mol. The molecule has 0 radical (unpaired) electrons. The smallest absolute Gasteiger partial charge is 0.256 e. The van der Waals surface area contributed by atoms with Crippen LogP contribution in [-0.4, -0.2) is 30.7 Å². The Kier molecular flexibility index (Phi) is 6.31. The first-order valence-corrected chi connectivity index (χ1v) is 10.7. The molecular formula is C26H25N3O3. The summed E-state index contributed by atoms with van der Waals surface area (Å²) in [7, 11) is 0. The molecule has 1 aliphatic rings. The Balaban J connectivity index is 1.45. The highest BCUT2D eigenvalue weighted by Crippen LogP contribution is 2.25. The molecule has 0 aliphatic carbocycles. The molecule has 3 aromatic rings. The number of carbonyl (C=O) groups excluding carboxylic acids is 3. The van der Waals surface area contributed by atoms with Crippen LogP contribution >= 0.6 is 0 Å². The van der Waals surface area contributed by atoms with Crippen LogP contribution in [0.15, 0.2) is 78.9 Å². The molecule has 1 aliphatic heterocycles. The first-order chi connectivity index (χ1) is 15.5.